The summed E-state index contributed by atoms with van der Waals surface area (Å²) < 4.78 is 14.4. The van der Waals surface area contributed by atoms with Gasteiger partial charge in [0.15, 0.2) is 13.1 Å². The van der Waals surface area contributed by atoms with E-state index in [-0.39, 0.29) is 0 Å². The number of unbranched alkanes of at least 4 members (excludes halogenated alkanes) is 8. The second-order valence-corrected chi connectivity index (χ2v) is 8.43. The van der Waals surface area contributed by atoms with Crippen molar-refractivity contribution < 1.29 is 18.4 Å². The molecule has 0 saturated carbocycles. The molecule has 4 N–H and O–H groups in total. The van der Waals surface area contributed by atoms with E-state index in [1.807, 2.05) is 33.6 Å². The van der Waals surface area contributed by atoms with Gasteiger partial charge in [-0.05, 0) is 40.4 Å². The number of aromatic nitrogens is 4. The lowest BCUT2D eigenvalue weighted by Gasteiger charge is -2.01. The third-order valence-corrected chi connectivity index (χ3v) is 5.81. The van der Waals surface area contributed by atoms with Crippen molar-refractivity contribution in [3.8, 4) is 22.5 Å². The van der Waals surface area contributed by atoms with Crippen LogP contribution in [0.3, 0.4) is 0 Å². The molecule has 3 aromatic rings. The van der Waals surface area contributed by atoms with Crippen LogP contribution >= 0.6 is 0 Å². The average molecular weight is 443 g/mol. The highest BCUT2D eigenvalue weighted by Crippen LogP contribution is 2.28. The van der Waals surface area contributed by atoms with Crippen molar-refractivity contribution in [3.05, 3.63) is 24.3 Å². The minimum absolute atomic E-state index is 0.317. The monoisotopic (exact) mass is 442 g/mol. The normalized spacial score (nSPS) is 11.3. The molecule has 0 unspecified atom stereocenters. The van der Waals surface area contributed by atoms with Gasteiger partial charge >= 0.3 is 23.2 Å². The number of anilines is 2. The van der Waals surface area contributed by atoms with Crippen molar-refractivity contribution in [2.24, 2.45) is 0 Å². The summed E-state index contributed by atoms with van der Waals surface area (Å²) in [7, 11) is 0. The second-order valence-electron chi connectivity index (χ2n) is 8.43. The zero-order valence-electron chi connectivity index (χ0n) is 19.6. The van der Waals surface area contributed by atoms with E-state index in [4.69, 9.17) is 20.5 Å². The van der Waals surface area contributed by atoms with E-state index in [9.17, 15) is 0 Å². The molecule has 0 bridgehead atoms. The summed E-state index contributed by atoms with van der Waals surface area (Å²) in [5, 5.41) is 8.32. The Morgan fingerprint density at radius 2 is 1.12 bits per heavy atom. The minimum atomic E-state index is 0.317. The van der Waals surface area contributed by atoms with Crippen LogP contribution in [0.1, 0.15) is 78.1 Å². The van der Waals surface area contributed by atoms with Gasteiger partial charge < -0.3 is 11.5 Å². The van der Waals surface area contributed by atoms with Gasteiger partial charge in [-0.25, -0.2) is 0 Å². The molecular weight excluding hydrogens is 404 g/mol. The Morgan fingerprint density at radius 3 is 1.56 bits per heavy atom. The zero-order valence-corrected chi connectivity index (χ0v) is 19.6. The maximum atomic E-state index is 6.15. The summed E-state index contributed by atoms with van der Waals surface area (Å²) in [6, 6.07) is 8.06. The summed E-state index contributed by atoms with van der Waals surface area (Å²) in [5.41, 5.74) is 15.8. The molecule has 8 heteroatoms. The maximum Gasteiger partial charge on any atom is 0.304 e. The number of hydrogen-bond donors (Lipinski definition) is 2. The lowest BCUT2D eigenvalue weighted by atomic mass is 10.1. The quantitative estimate of drug-likeness (QED) is 0.277. The van der Waals surface area contributed by atoms with Crippen molar-refractivity contribution in [3.63, 3.8) is 0 Å². The summed E-state index contributed by atoms with van der Waals surface area (Å²) in [6.07, 6.45) is 11.9. The topological polar surface area (TPSA) is 112 Å². The largest absolute Gasteiger partial charge is 0.362 e. The molecule has 0 aliphatic rings. The van der Waals surface area contributed by atoms with Gasteiger partial charge in [0.1, 0.15) is 0 Å². The highest BCUT2D eigenvalue weighted by Gasteiger charge is 2.28. The molecule has 2 aromatic heterocycles. The fraction of sp³-hybridized carbons (Fsp3) is 0.583. The van der Waals surface area contributed by atoms with Crippen molar-refractivity contribution in [2.45, 2.75) is 91.1 Å². The maximum absolute atomic E-state index is 6.15. The highest BCUT2D eigenvalue weighted by atomic mass is 16.5. The van der Waals surface area contributed by atoms with Crippen LogP contribution in [0.5, 0.6) is 0 Å². The zero-order chi connectivity index (χ0) is 22.8. The smallest absolute Gasteiger partial charge is 0.304 e. The van der Waals surface area contributed by atoms with Crippen LogP contribution in [-0.2, 0) is 13.1 Å². The lowest BCUT2D eigenvalue weighted by Crippen LogP contribution is -2.38. The molecule has 0 spiro atoms. The molecule has 0 fully saturated rings. The first kappa shape index (κ1) is 23.8. The minimum Gasteiger partial charge on any atom is -0.362 e. The molecule has 174 valence electrons. The Balaban J connectivity index is 1.77. The molecular formula is C24H38N6O2+2. The molecule has 0 amide bonds. The van der Waals surface area contributed by atoms with Crippen molar-refractivity contribution >= 4 is 11.8 Å². The summed E-state index contributed by atoms with van der Waals surface area (Å²) >= 11 is 0. The van der Waals surface area contributed by atoms with E-state index >= 15 is 0 Å². The molecule has 0 aliphatic heterocycles. The Hall–Kier alpha value is -2.90. The van der Waals surface area contributed by atoms with Crippen LogP contribution < -0.4 is 20.8 Å². The fourth-order valence-corrected chi connectivity index (χ4v) is 4.04. The highest BCUT2D eigenvalue weighted by molar-refractivity contribution is 5.74. The molecule has 0 saturated heterocycles. The number of nitrogens with zero attached hydrogens (tertiary/aromatic N) is 4. The van der Waals surface area contributed by atoms with Gasteiger partial charge in [-0.2, -0.15) is 0 Å². The van der Waals surface area contributed by atoms with Gasteiger partial charge in [0.25, 0.3) is 0 Å². The van der Waals surface area contributed by atoms with E-state index < -0.39 is 0 Å². The van der Waals surface area contributed by atoms with Gasteiger partial charge in [-0.3, -0.25) is 9.05 Å². The molecule has 0 aliphatic carbocycles. The van der Waals surface area contributed by atoms with Gasteiger partial charge in [0, 0.05) is 12.8 Å². The molecule has 0 atom stereocenters. The Labute approximate surface area is 190 Å². The summed E-state index contributed by atoms with van der Waals surface area (Å²) in [5.74, 6) is 0.635. The molecule has 3 rings (SSSR count). The summed E-state index contributed by atoms with van der Waals surface area (Å²) in [4.78, 5) is 0. The third kappa shape index (κ3) is 6.08. The van der Waals surface area contributed by atoms with E-state index in [2.05, 4.69) is 24.4 Å². The Morgan fingerprint density at radius 1 is 0.688 bits per heavy atom. The first-order chi connectivity index (χ1) is 15.7. The van der Waals surface area contributed by atoms with Gasteiger partial charge in [-0.15, -0.1) is 0 Å². The van der Waals surface area contributed by atoms with Gasteiger partial charge in [-0.1, -0.05) is 58.4 Å². The van der Waals surface area contributed by atoms with Crippen LogP contribution in [0.25, 0.3) is 22.5 Å². The van der Waals surface area contributed by atoms with Crippen LogP contribution in [0.2, 0.25) is 0 Å². The predicted octanol–water partition coefficient (Wildman–Crippen LogP) is 4.68. The van der Waals surface area contributed by atoms with Crippen molar-refractivity contribution in [2.75, 3.05) is 11.5 Å². The van der Waals surface area contributed by atoms with E-state index in [1.54, 1.807) is 0 Å². The van der Waals surface area contributed by atoms with Gasteiger partial charge in [0.05, 0.1) is 11.1 Å². The number of nitrogens with two attached hydrogens (primary N) is 2. The van der Waals surface area contributed by atoms with Crippen LogP contribution in [0.4, 0.5) is 11.8 Å². The first-order valence-corrected chi connectivity index (χ1v) is 12.1. The number of aryl methyl sites for hydroxylation is 2. The molecule has 1 aromatic carbocycles. The SMILES string of the molecule is CCCCCCC[n+]1noc(N)c1-c1cccc(-c2c(N)on[n+]2CCCCCCC)c1. The van der Waals surface area contributed by atoms with E-state index in [0.29, 0.717) is 11.8 Å². The number of rotatable bonds is 14. The number of benzene rings is 1. The lowest BCUT2D eigenvalue weighted by molar-refractivity contribution is -0.753. The van der Waals surface area contributed by atoms with E-state index in [0.717, 1.165) is 48.4 Å². The van der Waals surface area contributed by atoms with Crippen molar-refractivity contribution in [1.29, 1.82) is 0 Å². The molecule has 2 heterocycles. The first-order valence-electron chi connectivity index (χ1n) is 12.1. The van der Waals surface area contributed by atoms with E-state index in [1.165, 1.54) is 51.4 Å². The predicted molar refractivity (Wildman–Crippen MR) is 124 cm³/mol. The Kier molecular flexibility index (Phi) is 9.07. The average Bonchev–Trinajstić information content (AvgIpc) is 3.35. The molecule has 32 heavy (non-hydrogen) atoms. The standard InChI is InChI=1S/C24H38N6O2/c1-3-5-7-9-11-16-29-21(23(25)31-27-29)19-14-13-15-20(18-19)22-24(26)32-28-30(22)17-12-10-8-6-4-2/h13-15,18H,3-12,16-17,25-26H2,1-2H3/q+2. The third-order valence-electron chi connectivity index (χ3n) is 5.81. The molecule has 8 nitrogen and oxygen atoms in total. The Bertz CT molecular complexity index is 892. The number of hydrogen-bond acceptors (Lipinski definition) is 6. The van der Waals surface area contributed by atoms with Crippen molar-refractivity contribution in [1.82, 2.24) is 10.5 Å². The van der Waals surface area contributed by atoms with Crippen LogP contribution in [0.15, 0.2) is 33.3 Å². The van der Waals surface area contributed by atoms with Crippen LogP contribution in [-0.4, -0.2) is 10.5 Å². The fourth-order valence-electron chi connectivity index (χ4n) is 4.04. The number of nitrogen functional groups attached to an aromatic ring is 2. The van der Waals surface area contributed by atoms with Crippen LogP contribution in [0, 0.1) is 0 Å². The second kappa shape index (κ2) is 12.2. The molecule has 0 radical (unpaired) electrons. The van der Waals surface area contributed by atoms with Gasteiger partial charge in [0.2, 0.25) is 10.5 Å². The summed E-state index contributed by atoms with van der Waals surface area (Å²) in [6.45, 7) is 5.99.